The molecule has 1 rings (SSSR count). The second-order valence-corrected chi connectivity index (χ2v) is 3.00. The maximum atomic E-state index is 10.9. The van der Waals surface area contributed by atoms with Crippen molar-refractivity contribution in [2.24, 2.45) is 0 Å². The lowest BCUT2D eigenvalue weighted by Gasteiger charge is -2.12. The fourth-order valence-corrected chi connectivity index (χ4v) is 1.30. The molecule has 0 heterocycles. The van der Waals surface area contributed by atoms with Crippen molar-refractivity contribution in [3.63, 3.8) is 0 Å². The zero-order valence-electron chi connectivity index (χ0n) is 8.44. The highest BCUT2D eigenvalue weighted by atomic mass is 16.5. The fourth-order valence-electron chi connectivity index (χ4n) is 1.30. The average molecular weight is 212 g/mol. The van der Waals surface area contributed by atoms with Gasteiger partial charge in [-0.3, -0.25) is 0 Å². The minimum absolute atomic E-state index is 0.0836. The quantitative estimate of drug-likeness (QED) is 0.661. The number of rotatable bonds is 3. The number of carboxylic acid groups (broad SMARTS) is 1. The summed E-state index contributed by atoms with van der Waals surface area (Å²) in [5.41, 5.74) is 0.0545. The van der Waals surface area contributed by atoms with Crippen molar-refractivity contribution in [3.05, 3.63) is 17.2 Å². The lowest BCUT2D eigenvalue weighted by Crippen LogP contribution is -2.05. The van der Waals surface area contributed by atoms with Crippen LogP contribution in [0.1, 0.15) is 22.8 Å². The Kier molecular flexibility index (Phi) is 3.04. The topological polar surface area (TPSA) is 87.0 Å². The van der Waals surface area contributed by atoms with Crippen LogP contribution in [0, 0.1) is 6.92 Å². The Morgan fingerprint density at radius 3 is 2.53 bits per heavy atom. The van der Waals surface area contributed by atoms with E-state index < -0.39 is 23.0 Å². The van der Waals surface area contributed by atoms with E-state index in [0.717, 1.165) is 0 Å². The zero-order valence-corrected chi connectivity index (χ0v) is 8.44. The Bertz CT molecular complexity index is 397. The van der Waals surface area contributed by atoms with Gasteiger partial charge in [-0.25, -0.2) is 4.79 Å². The van der Waals surface area contributed by atoms with E-state index in [9.17, 15) is 15.0 Å². The molecule has 0 aliphatic heterocycles. The Morgan fingerprint density at radius 1 is 1.47 bits per heavy atom. The first-order valence-electron chi connectivity index (χ1n) is 4.40. The van der Waals surface area contributed by atoms with E-state index in [-0.39, 0.29) is 12.4 Å². The molecule has 0 unspecified atom stereocenters. The highest BCUT2D eigenvalue weighted by Gasteiger charge is 2.22. The number of aromatic hydroxyl groups is 2. The molecule has 5 nitrogen and oxygen atoms in total. The molecule has 0 saturated carbocycles. The van der Waals surface area contributed by atoms with Crippen LogP contribution in [0.25, 0.3) is 0 Å². The summed E-state index contributed by atoms with van der Waals surface area (Å²) in [6.45, 7) is 3.58. The minimum Gasteiger partial charge on any atom is -0.504 e. The molecule has 0 bridgehead atoms. The molecule has 1 aromatic rings. The number of aryl methyl sites for hydroxylation is 1. The summed E-state index contributed by atoms with van der Waals surface area (Å²) in [5.74, 6) is -2.39. The predicted molar refractivity (Wildman–Crippen MR) is 52.6 cm³/mol. The summed E-state index contributed by atoms with van der Waals surface area (Å²) >= 11 is 0. The molecule has 0 aromatic heterocycles. The number of carboxylic acids is 1. The van der Waals surface area contributed by atoms with Gasteiger partial charge in [0.15, 0.2) is 11.5 Å². The largest absolute Gasteiger partial charge is 0.504 e. The molecule has 0 saturated heterocycles. The monoisotopic (exact) mass is 212 g/mol. The summed E-state index contributed by atoms with van der Waals surface area (Å²) in [5, 5.41) is 27.5. The SMILES string of the molecule is CCOc1c(C)cc(O)c(O)c1C(=O)O. The van der Waals surface area contributed by atoms with Crippen LogP contribution < -0.4 is 4.74 Å². The van der Waals surface area contributed by atoms with Gasteiger partial charge in [0.25, 0.3) is 0 Å². The van der Waals surface area contributed by atoms with Crippen LogP contribution in [-0.2, 0) is 0 Å². The van der Waals surface area contributed by atoms with E-state index in [1.54, 1.807) is 13.8 Å². The second kappa shape index (κ2) is 4.08. The number of carbonyl (C=O) groups is 1. The number of hydrogen-bond acceptors (Lipinski definition) is 4. The summed E-state index contributed by atoms with van der Waals surface area (Å²) in [6, 6.07) is 1.26. The van der Waals surface area contributed by atoms with Crippen LogP contribution in [0.3, 0.4) is 0 Å². The number of ether oxygens (including phenoxy) is 1. The van der Waals surface area contributed by atoms with Crippen LogP contribution in [0.2, 0.25) is 0 Å². The molecule has 3 N–H and O–H groups in total. The molecule has 0 atom stereocenters. The number of phenols is 2. The fraction of sp³-hybridized carbons (Fsp3) is 0.300. The van der Waals surface area contributed by atoms with Crippen molar-refractivity contribution < 1.29 is 24.9 Å². The van der Waals surface area contributed by atoms with Crippen LogP contribution in [0.4, 0.5) is 0 Å². The summed E-state index contributed by atoms with van der Waals surface area (Å²) in [6.07, 6.45) is 0. The zero-order chi connectivity index (χ0) is 11.6. The van der Waals surface area contributed by atoms with Gasteiger partial charge in [0, 0.05) is 0 Å². The lowest BCUT2D eigenvalue weighted by molar-refractivity contribution is 0.0688. The Labute approximate surface area is 86.5 Å². The van der Waals surface area contributed by atoms with Crippen LogP contribution in [0.5, 0.6) is 17.2 Å². The Morgan fingerprint density at radius 2 is 2.07 bits per heavy atom. The third-order valence-corrected chi connectivity index (χ3v) is 1.92. The molecule has 1 aromatic carbocycles. The highest BCUT2D eigenvalue weighted by molar-refractivity contribution is 5.95. The van der Waals surface area contributed by atoms with Crippen molar-refractivity contribution in [1.29, 1.82) is 0 Å². The Balaban J connectivity index is 3.47. The average Bonchev–Trinajstić information content (AvgIpc) is 2.14. The molecule has 0 radical (unpaired) electrons. The highest BCUT2D eigenvalue weighted by Crippen LogP contribution is 2.38. The van der Waals surface area contributed by atoms with Gasteiger partial charge < -0.3 is 20.1 Å². The van der Waals surface area contributed by atoms with E-state index in [1.165, 1.54) is 6.07 Å². The molecule has 82 valence electrons. The smallest absolute Gasteiger partial charge is 0.343 e. The van der Waals surface area contributed by atoms with Crippen molar-refractivity contribution in [2.75, 3.05) is 6.61 Å². The molecule has 5 heteroatoms. The van der Waals surface area contributed by atoms with Gasteiger partial charge in [-0.2, -0.15) is 0 Å². The molecular weight excluding hydrogens is 200 g/mol. The molecule has 0 fully saturated rings. The summed E-state index contributed by atoms with van der Waals surface area (Å²) < 4.78 is 5.11. The van der Waals surface area contributed by atoms with Crippen molar-refractivity contribution in [1.82, 2.24) is 0 Å². The van der Waals surface area contributed by atoms with E-state index in [1.807, 2.05) is 0 Å². The third kappa shape index (κ3) is 1.96. The molecule has 0 spiro atoms. The number of hydrogen-bond donors (Lipinski definition) is 3. The van der Waals surface area contributed by atoms with E-state index >= 15 is 0 Å². The number of aromatic carboxylic acids is 1. The first-order chi connectivity index (χ1) is 6.99. The van der Waals surface area contributed by atoms with Crippen molar-refractivity contribution in [3.8, 4) is 17.2 Å². The van der Waals surface area contributed by atoms with E-state index in [0.29, 0.717) is 5.56 Å². The Hall–Kier alpha value is -1.91. The van der Waals surface area contributed by atoms with Gasteiger partial charge in [0.2, 0.25) is 0 Å². The molecule has 0 amide bonds. The normalized spacial score (nSPS) is 10.0. The molecule has 0 aliphatic rings. The van der Waals surface area contributed by atoms with Gasteiger partial charge in [0.1, 0.15) is 11.3 Å². The van der Waals surface area contributed by atoms with Crippen LogP contribution in [-0.4, -0.2) is 27.9 Å². The number of benzene rings is 1. The third-order valence-electron chi connectivity index (χ3n) is 1.92. The first-order valence-corrected chi connectivity index (χ1v) is 4.40. The van der Waals surface area contributed by atoms with E-state index in [4.69, 9.17) is 9.84 Å². The van der Waals surface area contributed by atoms with Crippen LogP contribution >= 0.6 is 0 Å². The minimum atomic E-state index is -1.34. The number of phenolic OH excluding ortho intramolecular Hbond substituents is 1. The maximum Gasteiger partial charge on any atom is 0.343 e. The van der Waals surface area contributed by atoms with Gasteiger partial charge >= 0.3 is 5.97 Å². The lowest BCUT2D eigenvalue weighted by atomic mass is 10.1. The predicted octanol–water partition coefficient (Wildman–Crippen LogP) is 1.50. The van der Waals surface area contributed by atoms with Gasteiger partial charge in [0.05, 0.1) is 6.61 Å². The maximum absolute atomic E-state index is 10.9. The summed E-state index contributed by atoms with van der Waals surface area (Å²) in [4.78, 5) is 10.9. The van der Waals surface area contributed by atoms with E-state index in [2.05, 4.69) is 0 Å². The van der Waals surface area contributed by atoms with Gasteiger partial charge in [-0.15, -0.1) is 0 Å². The molecule has 15 heavy (non-hydrogen) atoms. The molecule has 0 aliphatic carbocycles. The summed E-state index contributed by atoms with van der Waals surface area (Å²) in [7, 11) is 0. The van der Waals surface area contributed by atoms with Gasteiger partial charge in [-0.05, 0) is 25.5 Å². The van der Waals surface area contributed by atoms with Crippen molar-refractivity contribution >= 4 is 5.97 Å². The second-order valence-electron chi connectivity index (χ2n) is 3.00. The van der Waals surface area contributed by atoms with Crippen LogP contribution in [0.15, 0.2) is 6.07 Å². The van der Waals surface area contributed by atoms with Gasteiger partial charge in [-0.1, -0.05) is 0 Å². The molecular formula is C10H12O5. The van der Waals surface area contributed by atoms with Crippen molar-refractivity contribution in [2.45, 2.75) is 13.8 Å². The first kappa shape index (κ1) is 11.2. The standard InChI is InChI=1S/C10H12O5/c1-3-15-9-5(2)4-6(11)8(12)7(9)10(13)14/h4,11-12H,3H2,1-2H3,(H,13,14).